The maximum atomic E-state index is 12.0. The number of carbonyl (C=O) groups excluding carboxylic acids is 2. The summed E-state index contributed by atoms with van der Waals surface area (Å²) in [6.07, 6.45) is 0. The molecular weight excluding hydrogens is 238 g/mol. The van der Waals surface area contributed by atoms with Gasteiger partial charge in [0.2, 0.25) is 5.78 Å². The molecule has 0 aliphatic rings. The van der Waals surface area contributed by atoms with Gasteiger partial charge < -0.3 is 5.32 Å². The maximum absolute atomic E-state index is 12.0. The Labute approximate surface area is 112 Å². The molecule has 2 rings (SSSR count). The van der Waals surface area contributed by atoms with E-state index in [0.717, 1.165) is 11.1 Å². The summed E-state index contributed by atoms with van der Waals surface area (Å²) in [5.41, 5.74) is 2.23. The van der Waals surface area contributed by atoms with E-state index in [1.807, 2.05) is 49.4 Å². The predicted octanol–water partition coefficient (Wildman–Crippen LogP) is 2.49. The van der Waals surface area contributed by atoms with Crippen LogP contribution in [0.3, 0.4) is 0 Å². The van der Waals surface area contributed by atoms with Gasteiger partial charge in [-0.25, -0.2) is 0 Å². The van der Waals surface area contributed by atoms with E-state index in [2.05, 4.69) is 5.32 Å². The van der Waals surface area contributed by atoms with E-state index < -0.39 is 11.7 Å². The molecule has 2 aromatic carbocycles. The predicted molar refractivity (Wildman–Crippen MR) is 73.8 cm³/mol. The second kappa shape index (κ2) is 5.96. The molecule has 0 atom stereocenters. The highest BCUT2D eigenvalue weighted by Crippen LogP contribution is 2.08. The first-order valence-corrected chi connectivity index (χ1v) is 6.10. The Hall–Kier alpha value is -2.42. The molecule has 0 saturated heterocycles. The molecule has 0 aliphatic heterocycles. The van der Waals surface area contributed by atoms with E-state index in [1.54, 1.807) is 12.1 Å². The molecule has 0 heterocycles. The van der Waals surface area contributed by atoms with Gasteiger partial charge in [-0.1, -0.05) is 54.6 Å². The summed E-state index contributed by atoms with van der Waals surface area (Å²) in [5.74, 6) is -1.06. The molecule has 1 N–H and O–H groups in total. The van der Waals surface area contributed by atoms with Gasteiger partial charge in [0.1, 0.15) is 0 Å². The van der Waals surface area contributed by atoms with E-state index in [9.17, 15) is 9.59 Å². The van der Waals surface area contributed by atoms with Crippen molar-refractivity contribution < 1.29 is 9.59 Å². The van der Waals surface area contributed by atoms with Crippen molar-refractivity contribution in [3.05, 3.63) is 71.3 Å². The zero-order valence-electron chi connectivity index (χ0n) is 10.7. The van der Waals surface area contributed by atoms with E-state index in [1.165, 1.54) is 0 Å². The average molecular weight is 253 g/mol. The number of hydrogen-bond donors (Lipinski definition) is 1. The fraction of sp³-hybridized carbons (Fsp3) is 0.125. The number of aryl methyl sites for hydroxylation is 1. The van der Waals surface area contributed by atoms with Crippen molar-refractivity contribution in [2.75, 3.05) is 0 Å². The fourth-order valence-corrected chi connectivity index (χ4v) is 1.81. The lowest BCUT2D eigenvalue weighted by Crippen LogP contribution is -2.30. The lowest BCUT2D eigenvalue weighted by atomic mass is 10.0. The summed E-state index contributed by atoms with van der Waals surface area (Å²) < 4.78 is 0. The van der Waals surface area contributed by atoms with Gasteiger partial charge >= 0.3 is 0 Å². The second-order valence-corrected chi connectivity index (χ2v) is 4.31. The number of Topliss-reactive ketones (excluding diaryl/α,β-unsaturated/α-hetero) is 1. The van der Waals surface area contributed by atoms with Gasteiger partial charge in [0.05, 0.1) is 0 Å². The van der Waals surface area contributed by atoms with Crippen LogP contribution in [0.4, 0.5) is 0 Å². The minimum atomic E-state index is -0.571. The van der Waals surface area contributed by atoms with Gasteiger partial charge in [-0.3, -0.25) is 9.59 Å². The second-order valence-electron chi connectivity index (χ2n) is 4.31. The first kappa shape index (κ1) is 13.0. The molecule has 96 valence electrons. The van der Waals surface area contributed by atoms with Crippen LogP contribution in [0.25, 0.3) is 0 Å². The highest BCUT2D eigenvalue weighted by atomic mass is 16.2. The van der Waals surface area contributed by atoms with Gasteiger partial charge in [-0.15, -0.1) is 0 Å². The summed E-state index contributed by atoms with van der Waals surface area (Å²) >= 11 is 0. The van der Waals surface area contributed by atoms with E-state index >= 15 is 0 Å². The summed E-state index contributed by atoms with van der Waals surface area (Å²) in [4.78, 5) is 23.8. The van der Waals surface area contributed by atoms with Gasteiger partial charge in [-0.05, 0) is 18.1 Å². The van der Waals surface area contributed by atoms with E-state index in [0.29, 0.717) is 12.1 Å². The third-order valence-corrected chi connectivity index (χ3v) is 2.89. The maximum Gasteiger partial charge on any atom is 0.292 e. The molecule has 0 bridgehead atoms. The Morgan fingerprint density at radius 2 is 1.58 bits per heavy atom. The van der Waals surface area contributed by atoms with Crippen LogP contribution >= 0.6 is 0 Å². The number of rotatable bonds is 4. The SMILES string of the molecule is Cc1ccccc1C(=O)C(=O)NCc1ccccc1. The molecule has 3 nitrogen and oxygen atoms in total. The van der Waals surface area contributed by atoms with Crippen LogP contribution < -0.4 is 5.32 Å². The fourth-order valence-electron chi connectivity index (χ4n) is 1.81. The van der Waals surface area contributed by atoms with Crippen LogP contribution in [0.2, 0.25) is 0 Å². The summed E-state index contributed by atoms with van der Waals surface area (Å²) in [7, 11) is 0. The molecule has 0 spiro atoms. The van der Waals surface area contributed by atoms with E-state index in [4.69, 9.17) is 0 Å². The molecule has 0 fully saturated rings. The average Bonchev–Trinajstić information content (AvgIpc) is 2.45. The Kier molecular flexibility index (Phi) is 4.08. The molecule has 0 unspecified atom stereocenters. The molecule has 0 aliphatic carbocycles. The molecular formula is C16H15NO2. The number of carbonyl (C=O) groups is 2. The summed E-state index contributed by atoms with van der Waals surface area (Å²) in [5, 5.41) is 2.64. The topological polar surface area (TPSA) is 46.2 Å². The van der Waals surface area contributed by atoms with E-state index in [-0.39, 0.29) is 0 Å². The van der Waals surface area contributed by atoms with Crippen molar-refractivity contribution in [2.24, 2.45) is 0 Å². The van der Waals surface area contributed by atoms with Gasteiger partial charge in [0, 0.05) is 12.1 Å². The van der Waals surface area contributed by atoms with Crippen molar-refractivity contribution in [2.45, 2.75) is 13.5 Å². The summed E-state index contributed by atoms with van der Waals surface area (Å²) in [6, 6.07) is 16.6. The lowest BCUT2D eigenvalue weighted by Gasteiger charge is -2.06. The minimum Gasteiger partial charge on any atom is -0.345 e. The normalized spacial score (nSPS) is 9.95. The van der Waals surface area contributed by atoms with Crippen LogP contribution in [0.1, 0.15) is 21.5 Å². The van der Waals surface area contributed by atoms with Crippen LogP contribution in [-0.4, -0.2) is 11.7 Å². The Morgan fingerprint density at radius 1 is 0.947 bits per heavy atom. The largest absolute Gasteiger partial charge is 0.345 e. The number of ketones is 1. The van der Waals surface area contributed by atoms with Crippen LogP contribution in [0.5, 0.6) is 0 Å². The first-order chi connectivity index (χ1) is 9.18. The highest BCUT2D eigenvalue weighted by Gasteiger charge is 2.17. The standard InChI is InChI=1S/C16H15NO2/c1-12-7-5-6-10-14(12)15(18)16(19)17-11-13-8-3-2-4-9-13/h2-10H,11H2,1H3,(H,17,19). The molecule has 0 aromatic heterocycles. The zero-order valence-corrected chi connectivity index (χ0v) is 10.7. The Morgan fingerprint density at radius 3 is 2.26 bits per heavy atom. The van der Waals surface area contributed by atoms with Crippen molar-refractivity contribution in [1.29, 1.82) is 0 Å². The van der Waals surface area contributed by atoms with Crippen molar-refractivity contribution in [1.82, 2.24) is 5.32 Å². The van der Waals surface area contributed by atoms with Crippen molar-refractivity contribution >= 4 is 11.7 Å². The number of benzene rings is 2. The zero-order chi connectivity index (χ0) is 13.7. The molecule has 19 heavy (non-hydrogen) atoms. The van der Waals surface area contributed by atoms with Gasteiger partial charge in [0.25, 0.3) is 5.91 Å². The third kappa shape index (κ3) is 3.28. The molecule has 0 saturated carbocycles. The Bertz CT molecular complexity index is 591. The monoisotopic (exact) mass is 253 g/mol. The van der Waals surface area contributed by atoms with Crippen molar-refractivity contribution in [3.63, 3.8) is 0 Å². The van der Waals surface area contributed by atoms with Gasteiger partial charge in [0.15, 0.2) is 0 Å². The first-order valence-electron chi connectivity index (χ1n) is 6.10. The summed E-state index contributed by atoms with van der Waals surface area (Å²) in [6.45, 7) is 2.18. The Balaban J connectivity index is 2.01. The van der Waals surface area contributed by atoms with Crippen molar-refractivity contribution in [3.8, 4) is 0 Å². The molecule has 2 aromatic rings. The molecule has 3 heteroatoms. The van der Waals surface area contributed by atoms with Crippen LogP contribution in [0, 0.1) is 6.92 Å². The number of nitrogens with one attached hydrogen (secondary N) is 1. The highest BCUT2D eigenvalue weighted by molar-refractivity contribution is 6.43. The number of hydrogen-bond acceptors (Lipinski definition) is 2. The van der Waals surface area contributed by atoms with Crippen LogP contribution in [-0.2, 0) is 11.3 Å². The van der Waals surface area contributed by atoms with Crippen LogP contribution in [0.15, 0.2) is 54.6 Å². The number of amides is 1. The molecule has 0 radical (unpaired) electrons. The third-order valence-electron chi connectivity index (χ3n) is 2.89. The smallest absolute Gasteiger partial charge is 0.292 e. The lowest BCUT2D eigenvalue weighted by molar-refractivity contribution is -0.117. The minimum absolute atomic E-state index is 0.358. The van der Waals surface area contributed by atoms with Gasteiger partial charge in [-0.2, -0.15) is 0 Å². The molecule has 1 amide bonds. The quantitative estimate of drug-likeness (QED) is 0.672.